The molecule has 1 atom stereocenters. The SMILES string of the molecule is CSN(C(=S)NC#N)c1ccc(Cl)cc1/C=C/C(=O)N1CCN(Cc2ccc(F)cc2)CC1C. The first-order chi connectivity index (χ1) is 16.3. The van der Waals surface area contributed by atoms with Crippen molar-refractivity contribution in [2.45, 2.75) is 19.5 Å². The summed E-state index contributed by atoms with van der Waals surface area (Å²) in [4.78, 5) is 17.1. The number of nitrogens with zero attached hydrogens (tertiary/aromatic N) is 4. The number of hydrogen-bond donors (Lipinski definition) is 1. The van der Waals surface area contributed by atoms with Gasteiger partial charge in [-0.15, -0.1) is 0 Å². The standard InChI is InChI=1S/C24H25ClFN5OS2/c1-17-14-29(15-18-3-7-21(26)8-4-18)11-12-30(17)23(32)10-5-19-13-20(25)6-9-22(19)31(34-2)24(33)28-16-27/h3-10,13,17H,11-12,14-15H2,1-2H3,(H,28,33)/b10-5+. The van der Waals surface area contributed by atoms with Crippen LogP contribution in [0.1, 0.15) is 18.1 Å². The van der Waals surface area contributed by atoms with Crippen LogP contribution < -0.4 is 9.62 Å². The number of thiocarbonyl (C=S) groups is 1. The zero-order chi connectivity index (χ0) is 24.7. The topological polar surface area (TPSA) is 62.6 Å². The first-order valence-electron chi connectivity index (χ1n) is 10.6. The van der Waals surface area contributed by atoms with Crippen molar-refractivity contribution < 1.29 is 9.18 Å². The van der Waals surface area contributed by atoms with Crippen molar-refractivity contribution in [3.8, 4) is 6.19 Å². The van der Waals surface area contributed by atoms with E-state index in [1.807, 2.05) is 24.3 Å². The molecule has 10 heteroatoms. The van der Waals surface area contributed by atoms with Gasteiger partial charge in [0.25, 0.3) is 0 Å². The molecule has 1 aliphatic heterocycles. The van der Waals surface area contributed by atoms with Gasteiger partial charge in [0.15, 0.2) is 11.3 Å². The van der Waals surface area contributed by atoms with E-state index < -0.39 is 0 Å². The third-order valence-electron chi connectivity index (χ3n) is 5.46. The normalized spacial score (nSPS) is 16.3. The quantitative estimate of drug-likeness (QED) is 0.196. The van der Waals surface area contributed by atoms with E-state index in [0.717, 1.165) is 25.2 Å². The number of carbonyl (C=O) groups excluding carboxylic acids is 1. The fourth-order valence-corrected chi connectivity index (χ4v) is 4.96. The van der Waals surface area contributed by atoms with E-state index in [-0.39, 0.29) is 22.9 Å². The van der Waals surface area contributed by atoms with Gasteiger partial charge in [-0.2, -0.15) is 5.26 Å². The molecule has 0 aliphatic carbocycles. The Morgan fingerprint density at radius 3 is 2.74 bits per heavy atom. The highest BCUT2D eigenvalue weighted by Crippen LogP contribution is 2.29. The number of nitriles is 1. The van der Waals surface area contributed by atoms with Gasteiger partial charge in [0, 0.05) is 55.1 Å². The molecule has 1 aliphatic rings. The van der Waals surface area contributed by atoms with Gasteiger partial charge in [0.05, 0.1) is 5.69 Å². The Morgan fingerprint density at radius 2 is 2.09 bits per heavy atom. The van der Waals surface area contributed by atoms with Crippen LogP contribution in [0.25, 0.3) is 6.08 Å². The number of carbonyl (C=O) groups is 1. The molecule has 2 aromatic carbocycles. The van der Waals surface area contributed by atoms with Gasteiger partial charge >= 0.3 is 0 Å². The number of benzene rings is 2. The van der Waals surface area contributed by atoms with Crippen LogP contribution in [0.15, 0.2) is 48.5 Å². The summed E-state index contributed by atoms with van der Waals surface area (Å²) in [6, 6.07) is 11.8. The van der Waals surface area contributed by atoms with E-state index in [9.17, 15) is 9.18 Å². The summed E-state index contributed by atoms with van der Waals surface area (Å²) in [5.41, 5.74) is 2.47. The molecule has 0 saturated carbocycles. The second-order valence-electron chi connectivity index (χ2n) is 7.80. The minimum Gasteiger partial charge on any atom is -0.334 e. The van der Waals surface area contributed by atoms with Gasteiger partial charge < -0.3 is 4.90 Å². The molecule has 178 valence electrons. The lowest BCUT2D eigenvalue weighted by atomic mass is 10.1. The van der Waals surface area contributed by atoms with Gasteiger partial charge in [0.1, 0.15) is 5.82 Å². The van der Waals surface area contributed by atoms with Crippen LogP contribution in [0.5, 0.6) is 0 Å². The molecule has 1 N–H and O–H groups in total. The second kappa shape index (κ2) is 12.2. The third kappa shape index (κ3) is 6.70. The minimum atomic E-state index is -0.244. The molecular weight excluding hydrogens is 493 g/mol. The molecule has 1 heterocycles. The second-order valence-corrected chi connectivity index (χ2v) is 9.35. The van der Waals surface area contributed by atoms with Crippen molar-refractivity contribution in [2.24, 2.45) is 0 Å². The van der Waals surface area contributed by atoms with Gasteiger partial charge in [-0.25, -0.2) is 4.39 Å². The summed E-state index contributed by atoms with van der Waals surface area (Å²) in [6.07, 6.45) is 6.93. The van der Waals surface area contributed by atoms with Gasteiger partial charge in [-0.05, 0) is 73.1 Å². The summed E-state index contributed by atoms with van der Waals surface area (Å²) in [5, 5.41) is 12.1. The van der Waals surface area contributed by atoms with Crippen molar-refractivity contribution in [1.82, 2.24) is 15.1 Å². The summed E-state index contributed by atoms with van der Waals surface area (Å²) >= 11 is 12.8. The predicted molar refractivity (Wildman–Crippen MR) is 141 cm³/mol. The highest BCUT2D eigenvalue weighted by atomic mass is 35.5. The van der Waals surface area contributed by atoms with E-state index in [4.69, 9.17) is 29.1 Å². The molecule has 34 heavy (non-hydrogen) atoms. The Morgan fingerprint density at radius 1 is 1.35 bits per heavy atom. The van der Waals surface area contributed by atoms with E-state index in [1.165, 1.54) is 24.1 Å². The predicted octanol–water partition coefficient (Wildman–Crippen LogP) is 4.67. The number of amides is 1. The highest BCUT2D eigenvalue weighted by molar-refractivity contribution is 8.01. The number of rotatable bonds is 6. The minimum absolute atomic E-state index is 0.0280. The lowest BCUT2D eigenvalue weighted by Gasteiger charge is -2.39. The number of piperazine rings is 1. The molecule has 2 aromatic rings. The molecule has 0 radical (unpaired) electrons. The molecule has 0 aromatic heterocycles. The van der Waals surface area contributed by atoms with Crippen molar-refractivity contribution in [3.63, 3.8) is 0 Å². The Labute approximate surface area is 214 Å². The number of halogens is 2. The van der Waals surface area contributed by atoms with Gasteiger partial charge in [0.2, 0.25) is 5.91 Å². The molecule has 0 bridgehead atoms. The van der Waals surface area contributed by atoms with Crippen LogP contribution in [0, 0.1) is 17.3 Å². The van der Waals surface area contributed by atoms with E-state index >= 15 is 0 Å². The monoisotopic (exact) mass is 517 g/mol. The largest absolute Gasteiger partial charge is 0.334 e. The zero-order valence-corrected chi connectivity index (χ0v) is 21.3. The Hall–Kier alpha value is -2.64. The molecule has 1 unspecified atom stereocenters. The highest BCUT2D eigenvalue weighted by Gasteiger charge is 2.26. The van der Waals surface area contributed by atoms with Crippen molar-refractivity contribution in [1.29, 1.82) is 5.26 Å². The zero-order valence-electron chi connectivity index (χ0n) is 18.9. The molecule has 1 fully saturated rings. The van der Waals surface area contributed by atoms with Crippen LogP contribution in [-0.2, 0) is 11.3 Å². The lowest BCUT2D eigenvalue weighted by molar-refractivity contribution is -0.130. The van der Waals surface area contributed by atoms with Crippen LogP contribution in [-0.4, -0.2) is 52.8 Å². The number of nitrogens with one attached hydrogen (secondary N) is 1. The Bertz CT molecular complexity index is 1110. The Balaban J connectivity index is 1.69. The van der Waals surface area contributed by atoms with E-state index in [1.54, 1.807) is 46.8 Å². The number of anilines is 1. The maximum atomic E-state index is 13.2. The first kappa shape index (κ1) is 26.0. The third-order valence-corrected chi connectivity index (χ3v) is 6.84. The maximum Gasteiger partial charge on any atom is 0.246 e. The molecule has 0 spiro atoms. The van der Waals surface area contributed by atoms with E-state index in [2.05, 4.69) is 10.2 Å². The fourth-order valence-electron chi connectivity index (χ4n) is 3.84. The molecule has 1 amide bonds. The van der Waals surface area contributed by atoms with Gasteiger partial charge in [-0.1, -0.05) is 23.7 Å². The van der Waals surface area contributed by atoms with E-state index in [0.29, 0.717) is 22.8 Å². The van der Waals surface area contributed by atoms with Crippen LogP contribution in [0.4, 0.5) is 10.1 Å². The van der Waals surface area contributed by atoms with Crippen LogP contribution in [0.3, 0.4) is 0 Å². The lowest BCUT2D eigenvalue weighted by Crippen LogP contribution is -2.53. The first-order valence-corrected chi connectivity index (χ1v) is 12.6. The van der Waals surface area contributed by atoms with Crippen molar-refractivity contribution >= 4 is 58.5 Å². The molecular formula is C24H25ClFN5OS2. The van der Waals surface area contributed by atoms with Gasteiger partial charge in [-0.3, -0.25) is 19.3 Å². The molecule has 3 rings (SSSR count). The summed E-state index contributed by atoms with van der Waals surface area (Å²) in [6.45, 7) is 4.80. The number of hydrogen-bond acceptors (Lipinski definition) is 5. The fraction of sp³-hybridized carbons (Fsp3) is 0.292. The summed E-state index contributed by atoms with van der Waals surface area (Å²) in [7, 11) is 0. The average molecular weight is 518 g/mol. The van der Waals surface area contributed by atoms with Crippen molar-refractivity contribution in [2.75, 3.05) is 30.2 Å². The van der Waals surface area contributed by atoms with Crippen LogP contribution in [0.2, 0.25) is 5.02 Å². The molecule has 6 nitrogen and oxygen atoms in total. The summed E-state index contributed by atoms with van der Waals surface area (Å²) < 4.78 is 14.8. The molecule has 1 saturated heterocycles. The maximum absolute atomic E-state index is 13.2. The average Bonchev–Trinajstić information content (AvgIpc) is 2.81. The Kier molecular flexibility index (Phi) is 9.30. The van der Waals surface area contributed by atoms with Crippen molar-refractivity contribution in [3.05, 3.63) is 70.5 Å². The van der Waals surface area contributed by atoms with Crippen LogP contribution >= 0.6 is 35.8 Å². The summed E-state index contributed by atoms with van der Waals surface area (Å²) in [5.74, 6) is -0.334. The smallest absolute Gasteiger partial charge is 0.246 e.